The maximum atomic E-state index is 13.8. The molecule has 4 aromatic rings. The fraction of sp³-hybridized carbons (Fsp3) is 0.107. The molecule has 5 rings (SSSR count). The van der Waals surface area contributed by atoms with Crippen molar-refractivity contribution in [3.63, 3.8) is 0 Å². The molecule has 0 radical (unpaired) electrons. The third-order valence-electron chi connectivity index (χ3n) is 5.96. The number of carbonyl (C=O) groups is 1. The number of aromatic nitrogens is 1. The van der Waals surface area contributed by atoms with Crippen molar-refractivity contribution in [2.75, 3.05) is 12.4 Å². The van der Waals surface area contributed by atoms with Gasteiger partial charge in [0.2, 0.25) is 0 Å². The van der Waals surface area contributed by atoms with Crippen LogP contribution in [0.4, 0.5) is 5.69 Å². The molecule has 0 bridgehead atoms. The van der Waals surface area contributed by atoms with Gasteiger partial charge in [-0.1, -0.05) is 70.9 Å². The summed E-state index contributed by atoms with van der Waals surface area (Å²) in [6, 6.07) is 20.9. The van der Waals surface area contributed by atoms with Crippen LogP contribution in [0.5, 0.6) is 5.75 Å². The van der Waals surface area contributed by atoms with Gasteiger partial charge in [-0.25, -0.2) is 4.99 Å². The fourth-order valence-corrected chi connectivity index (χ4v) is 5.72. The number of methoxy groups -OCH3 is 1. The van der Waals surface area contributed by atoms with Crippen LogP contribution in [0.25, 0.3) is 6.08 Å². The zero-order valence-corrected chi connectivity index (χ0v) is 22.2. The number of ether oxygens (including phenoxy) is 1. The number of allylic oxidation sites excluding steroid dienone is 1. The summed E-state index contributed by atoms with van der Waals surface area (Å²) in [5, 5.41) is 3.88. The van der Waals surface area contributed by atoms with Gasteiger partial charge in [0.15, 0.2) is 4.80 Å². The highest BCUT2D eigenvalue weighted by atomic mass is 35.5. The fourth-order valence-electron chi connectivity index (χ4n) is 4.22. The summed E-state index contributed by atoms with van der Waals surface area (Å²) in [7, 11) is 1.57. The summed E-state index contributed by atoms with van der Waals surface area (Å²) in [5.41, 5.74) is 2.65. The van der Waals surface area contributed by atoms with Gasteiger partial charge < -0.3 is 10.1 Å². The number of nitrogens with one attached hydrogen (secondary N) is 1. The largest absolute Gasteiger partial charge is 0.497 e. The quantitative estimate of drug-likeness (QED) is 0.372. The van der Waals surface area contributed by atoms with Crippen molar-refractivity contribution >= 4 is 52.2 Å². The Kier molecular flexibility index (Phi) is 7.02. The number of anilines is 1. The van der Waals surface area contributed by atoms with Crippen LogP contribution < -0.4 is 24.9 Å². The Bertz CT molecular complexity index is 1730. The van der Waals surface area contributed by atoms with Crippen molar-refractivity contribution in [3.05, 3.63) is 125 Å². The number of fused-ring (bicyclic) bond motifs is 1. The van der Waals surface area contributed by atoms with E-state index in [9.17, 15) is 9.59 Å². The molecule has 0 unspecified atom stereocenters. The molecule has 0 saturated carbocycles. The van der Waals surface area contributed by atoms with Crippen LogP contribution >= 0.6 is 34.5 Å². The molecule has 37 heavy (non-hydrogen) atoms. The highest BCUT2D eigenvalue weighted by Gasteiger charge is 2.32. The Hall–Kier alpha value is -3.65. The Morgan fingerprint density at radius 2 is 1.86 bits per heavy atom. The molecule has 1 N–H and O–H groups in total. The van der Waals surface area contributed by atoms with Crippen molar-refractivity contribution in [1.29, 1.82) is 0 Å². The first kappa shape index (κ1) is 25.0. The van der Waals surface area contributed by atoms with E-state index < -0.39 is 6.04 Å². The molecular formula is C28H21Cl2N3O3S. The molecule has 3 aromatic carbocycles. The highest BCUT2D eigenvalue weighted by Crippen LogP contribution is 2.32. The van der Waals surface area contributed by atoms with Gasteiger partial charge in [-0.05, 0) is 60.5 Å². The summed E-state index contributed by atoms with van der Waals surface area (Å²) in [6.45, 7) is 1.78. The molecule has 1 amide bonds. The maximum absolute atomic E-state index is 13.8. The van der Waals surface area contributed by atoms with E-state index in [1.54, 1.807) is 55.0 Å². The van der Waals surface area contributed by atoms with Crippen LogP contribution in [0.15, 0.2) is 93.9 Å². The molecule has 0 fully saturated rings. The first-order valence-corrected chi connectivity index (χ1v) is 12.9. The van der Waals surface area contributed by atoms with Crippen molar-refractivity contribution in [1.82, 2.24) is 4.57 Å². The van der Waals surface area contributed by atoms with Gasteiger partial charge in [0.25, 0.3) is 11.5 Å². The van der Waals surface area contributed by atoms with Crippen molar-refractivity contribution in [2.45, 2.75) is 13.0 Å². The molecule has 1 aliphatic heterocycles. The molecule has 6 nitrogen and oxygen atoms in total. The van der Waals surface area contributed by atoms with Crippen molar-refractivity contribution in [3.8, 4) is 5.75 Å². The van der Waals surface area contributed by atoms with Gasteiger partial charge in [0.1, 0.15) is 5.75 Å². The Morgan fingerprint density at radius 3 is 2.59 bits per heavy atom. The Balaban J connectivity index is 1.70. The van der Waals surface area contributed by atoms with E-state index in [2.05, 4.69) is 10.3 Å². The number of thiazole rings is 1. The normalized spacial score (nSPS) is 15.2. The smallest absolute Gasteiger partial charge is 0.271 e. The van der Waals surface area contributed by atoms with E-state index >= 15 is 0 Å². The number of carbonyl (C=O) groups excluding carboxylic acids is 1. The first-order chi connectivity index (χ1) is 17.9. The minimum Gasteiger partial charge on any atom is -0.497 e. The van der Waals surface area contributed by atoms with E-state index in [1.165, 1.54) is 11.3 Å². The third-order valence-corrected chi connectivity index (χ3v) is 7.50. The van der Waals surface area contributed by atoms with Gasteiger partial charge >= 0.3 is 0 Å². The Labute approximate surface area is 226 Å². The number of hydrogen-bond acceptors (Lipinski definition) is 5. The third kappa shape index (κ3) is 4.98. The molecule has 1 atom stereocenters. The molecule has 2 heterocycles. The molecule has 1 aromatic heterocycles. The standard InChI is InChI=1S/C28H21Cl2N3O3S/c1-16-24(26(34)32-20-8-4-3-5-9-20)25(18-7-6-10-21(13-18)36-2)33-27(35)23(37-28(33)31-16)14-17-11-12-19(29)15-22(17)30/h3-15,25H,1-2H3,(H,32,34)/b23-14-/t25-/m1/s1. The first-order valence-electron chi connectivity index (χ1n) is 11.3. The highest BCUT2D eigenvalue weighted by molar-refractivity contribution is 7.07. The lowest BCUT2D eigenvalue weighted by molar-refractivity contribution is -0.113. The second-order valence-corrected chi connectivity index (χ2v) is 10.2. The van der Waals surface area contributed by atoms with Gasteiger partial charge in [-0.2, -0.15) is 0 Å². The van der Waals surface area contributed by atoms with Crippen molar-refractivity contribution < 1.29 is 9.53 Å². The van der Waals surface area contributed by atoms with Crippen LogP contribution in [0.1, 0.15) is 24.1 Å². The minimum atomic E-state index is -0.710. The van der Waals surface area contributed by atoms with Crippen LogP contribution in [-0.2, 0) is 4.79 Å². The minimum absolute atomic E-state index is 0.278. The second kappa shape index (κ2) is 10.4. The number of benzene rings is 3. The lowest BCUT2D eigenvalue weighted by Gasteiger charge is -2.25. The van der Waals surface area contributed by atoms with Crippen LogP contribution in [0.2, 0.25) is 10.0 Å². The Morgan fingerprint density at radius 1 is 1.08 bits per heavy atom. The van der Waals surface area contributed by atoms with Crippen LogP contribution in [0.3, 0.4) is 0 Å². The summed E-state index contributed by atoms with van der Waals surface area (Å²) >= 11 is 13.6. The second-order valence-electron chi connectivity index (χ2n) is 8.34. The molecule has 0 saturated heterocycles. The molecule has 0 aliphatic carbocycles. The van der Waals surface area contributed by atoms with E-state index in [-0.39, 0.29) is 11.5 Å². The summed E-state index contributed by atoms with van der Waals surface area (Å²) in [5.74, 6) is 0.278. The van der Waals surface area contributed by atoms with Gasteiger partial charge in [-0.15, -0.1) is 0 Å². The SMILES string of the molecule is COc1cccc([C@@H]2C(C(=O)Nc3ccccc3)=C(C)N=c3s/c(=C\c4ccc(Cl)cc4Cl)c(=O)n32)c1. The molecule has 1 aliphatic rings. The van der Waals surface area contributed by atoms with Crippen molar-refractivity contribution in [2.24, 2.45) is 4.99 Å². The van der Waals surface area contributed by atoms with Crippen LogP contribution in [0, 0.1) is 0 Å². The number of hydrogen-bond donors (Lipinski definition) is 1. The predicted octanol–water partition coefficient (Wildman–Crippen LogP) is 5.19. The molecular weight excluding hydrogens is 529 g/mol. The molecule has 0 spiro atoms. The number of nitrogens with zero attached hydrogens (tertiary/aromatic N) is 2. The zero-order chi connectivity index (χ0) is 26.1. The maximum Gasteiger partial charge on any atom is 0.271 e. The zero-order valence-electron chi connectivity index (χ0n) is 19.9. The van der Waals surface area contributed by atoms with E-state index in [0.29, 0.717) is 47.6 Å². The number of rotatable bonds is 5. The van der Waals surface area contributed by atoms with E-state index in [4.69, 9.17) is 27.9 Å². The number of halogens is 2. The number of para-hydroxylation sites is 1. The van der Waals surface area contributed by atoms with Gasteiger partial charge in [0, 0.05) is 15.7 Å². The monoisotopic (exact) mass is 549 g/mol. The lowest BCUT2D eigenvalue weighted by Crippen LogP contribution is -2.40. The summed E-state index contributed by atoms with van der Waals surface area (Å²) < 4.78 is 7.43. The van der Waals surface area contributed by atoms with Crippen LogP contribution in [-0.4, -0.2) is 17.6 Å². The summed E-state index contributed by atoms with van der Waals surface area (Å²) in [6.07, 6.45) is 1.72. The van der Waals surface area contributed by atoms with E-state index in [0.717, 1.165) is 5.56 Å². The van der Waals surface area contributed by atoms with E-state index in [1.807, 2.05) is 42.5 Å². The number of amides is 1. The average Bonchev–Trinajstić information content (AvgIpc) is 3.19. The molecule has 186 valence electrons. The average molecular weight is 550 g/mol. The predicted molar refractivity (Wildman–Crippen MR) is 148 cm³/mol. The molecule has 9 heteroatoms. The summed E-state index contributed by atoms with van der Waals surface area (Å²) in [4.78, 5) is 32.5. The topological polar surface area (TPSA) is 72.7 Å². The van der Waals surface area contributed by atoms with Gasteiger partial charge in [-0.3, -0.25) is 14.2 Å². The van der Waals surface area contributed by atoms with Gasteiger partial charge in [0.05, 0.1) is 29.0 Å². The lowest BCUT2D eigenvalue weighted by atomic mass is 9.95.